The van der Waals surface area contributed by atoms with E-state index < -0.39 is 0 Å². The number of carbonyl (C=O) groups is 1. The fourth-order valence-electron chi connectivity index (χ4n) is 3.26. The van der Waals surface area contributed by atoms with Gasteiger partial charge >= 0.3 is 0 Å². The molecule has 2 aromatic carbocycles. The van der Waals surface area contributed by atoms with Gasteiger partial charge in [-0.25, -0.2) is 0 Å². The molecule has 1 heterocycles. The third-order valence-corrected chi connectivity index (χ3v) is 4.41. The van der Waals surface area contributed by atoms with Crippen LogP contribution in [0.5, 0.6) is 0 Å². The van der Waals surface area contributed by atoms with Gasteiger partial charge in [-0.15, -0.1) is 0 Å². The van der Waals surface area contributed by atoms with Crippen LogP contribution < -0.4 is 0 Å². The van der Waals surface area contributed by atoms with Crippen LogP contribution in [0, 0.1) is 0 Å². The fraction of sp³-hybridized carbons (Fsp3) is 0.158. The molecule has 21 heavy (non-hydrogen) atoms. The Bertz CT molecular complexity index is 893. The normalized spacial score (nSPS) is 15.6. The minimum Gasteiger partial charge on any atom is -0.289 e. The molecule has 0 amide bonds. The van der Waals surface area contributed by atoms with Crippen LogP contribution in [0.2, 0.25) is 0 Å². The second kappa shape index (κ2) is 4.01. The molecule has 1 aromatic heterocycles. The molecule has 3 aromatic rings. The molecule has 0 saturated carbocycles. The van der Waals surface area contributed by atoms with Crippen molar-refractivity contribution in [2.45, 2.75) is 19.3 Å². The number of ketones is 1. The average Bonchev–Trinajstić information content (AvgIpc) is 2.52. The molecule has 1 aliphatic carbocycles. The highest BCUT2D eigenvalue weighted by molar-refractivity contribution is 6.14. The second-order valence-corrected chi connectivity index (χ2v) is 6.08. The number of fused-ring (bicyclic) bond motifs is 3. The van der Waals surface area contributed by atoms with Crippen LogP contribution in [0.3, 0.4) is 0 Å². The largest absolute Gasteiger partial charge is 0.289 e. The molecule has 0 N–H and O–H groups in total. The maximum Gasteiger partial charge on any atom is 0.195 e. The van der Waals surface area contributed by atoms with Gasteiger partial charge in [-0.1, -0.05) is 56.3 Å². The SMILES string of the molecule is CC1(C)c2ccccc2C(=O)c2cc3ccccc3nc21. The lowest BCUT2D eigenvalue weighted by atomic mass is 9.71. The third kappa shape index (κ3) is 1.59. The number of rotatable bonds is 0. The maximum absolute atomic E-state index is 12.8. The summed E-state index contributed by atoms with van der Waals surface area (Å²) < 4.78 is 0. The molecule has 0 bridgehead atoms. The van der Waals surface area contributed by atoms with Crippen LogP contribution in [0.15, 0.2) is 54.6 Å². The minimum absolute atomic E-state index is 0.0816. The van der Waals surface area contributed by atoms with Gasteiger partial charge in [0.2, 0.25) is 0 Å². The van der Waals surface area contributed by atoms with Crippen LogP contribution in [0.25, 0.3) is 10.9 Å². The summed E-state index contributed by atoms with van der Waals surface area (Å²) in [4.78, 5) is 17.6. The van der Waals surface area contributed by atoms with Crippen molar-refractivity contribution in [3.05, 3.63) is 77.0 Å². The Labute approximate surface area is 123 Å². The van der Waals surface area contributed by atoms with E-state index in [4.69, 9.17) is 4.98 Å². The van der Waals surface area contributed by atoms with Gasteiger partial charge < -0.3 is 0 Å². The summed E-state index contributed by atoms with van der Waals surface area (Å²) in [5.41, 5.74) is 4.15. The van der Waals surface area contributed by atoms with Gasteiger partial charge in [0, 0.05) is 21.9 Å². The van der Waals surface area contributed by atoms with E-state index in [2.05, 4.69) is 13.8 Å². The van der Waals surface area contributed by atoms with E-state index in [-0.39, 0.29) is 11.2 Å². The number of aromatic nitrogens is 1. The van der Waals surface area contributed by atoms with E-state index in [9.17, 15) is 4.79 Å². The Morgan fingerprint density at radius 3 is 2.48 bits per heavy atom. The van der Waals surface area contributed by atoms with E-state index >= 15 is 0 Å². The number of carbonyl (C=O) groups excluding carboxylic acids is 1. The molecule has 0 saturated heterocycles. The van der Waals surface area contributed by atoms with Gasteiger partial charge in [0.15, 0.2) is 5.78 Å². The fourth-order valence-corrected chi connectivity index (χ4v) is 3.26. The van der Waals surface area contributed by atoms with Gasteiger partial charge in [-0.05, 0) is 17.7 Å². The van der Waals surface area contributed by atoms with Crippen LogP contribution in [-0.2, 0) is 5.41 Å². The summed E-state index contributed by atoms with van der Waals surface area (Å²) in [7, 11) is 0. The molecule has 0 aliphatic heterocycles. The summed E-state index contributed by atoms with van der Waals surface area (Å²) in [6.07, 6.45) is 0. The topological polar surface area (TPSA) is 30.0 Å². The Hall–Kier alpha value is -2.48. The highest BCUT2D eigenvalue weighted by Crippen LogP contribution is 2.40. The molecule has 2 nitrogen and oxygen atoms in total. The quantitative estimate of drug-likeness (QED) is 0.617. The predicted octanol–water partition coefficient (Wildman–Crippen LogP) is 4.11. The average molecular weight is 273 g/mol. The maximum atomic E-state index is 12.8. The van der Waals surface area contributed by atoms with Crippen molar-refractivity contribution in [2.24, 2.45) is 0 Å². The minimum atomic E-state index is -0.260. The Kier molecular flexibility index (Phi) is 2.35. The van der Waals surface area contributed by atoms with Gasteiger partial charge in [-0.3, -0.25) is 9.78 Å². The Balaban J connectivity index is 2.11. The molecule has 0 fully saturated rings. The molecule has 2 heteroatoms. The van der Waals surface area contributed by atoms with Gasteiger partial charge in [0.1, 0.15) is 0 Å². The lowest BCUT2D eigenvalue weighted by Gasteiger charge is -2.33. The molecular formula is C19H15NO. The first-order valence-electron chi connectivity index (χ1n) is 7.13. The monoisotopic (exact) mass is 273 g/mol. The van der Waals surface area contributed by atoms with Crippen LogP contribution in [0.1, 0.15) is 41.0 Å². The standard InChI is InChI=1S/C19H15NO/c1-19(2)15-9-5-4-8-13(15)17(21)14-11-12-7-3-6-10-16(12)20-18(14)19/h3-11H,1-2H3. The lowest BCUT2D eigenvalue weighted by molar-refractivity contribution is 0.103. The zero-order chi connectivity index (χ0) is 14.6. The van der Waals surface area contributed by atoms with Crippen molar-refractivity contribution >= 4 is 16.7 Å². The number of benzene rings is 2. The van der Waals surface area contributed by atoms with E-state index in [0.717, 1.165) is 33.3 Å². The third-order valence-electron chi connectivity index (χ3n) is 4.41. The van der Waals surface area contributed by atoms with Gasteiger partial charge in [0.25, 0.3) is 0 Å². The first-order valence-corrected chi connectivity index (χ1v) is 7.13. The smallest absolute Gasteiger partial charge is 0.195 e. The van der Waals surface area contributed by atoms with E-state index in [1.165, 1.54) is 0 Å². The zero-order valence-electron chi connectivity index (χ0n) is 12.1. The van der Waals surface area contributed by atoms with Gasteiger partial charge in [-0.2, -0.15) is 0 Å². The van der Waals surface area contributed by atoms with Crippen molar-refractivity contribution in [1.82, 2.24) is 4.98 Å². The molecule has 102 valence electrons. The molecule has 0 radical (unpaired) electrons. The molecule has 4 rings (SSSR count). The highest BCUT2D eigenvalue weighted by atomic mass is 16.1. The van der Waals surface area contributed by atoms with Gasteiger partial charge in [0.05, 0.1) is 11.2 Å². The number of hydrogen-bond acceptors (Lipinski definition) is 2. The molecule has 0 unspecified atom stereocenters. The zero-order valence-corrected chi connectivity index (χ0v) is 12.1. The Morgan fingerprint density at radius 2 is 1.62 bits per heavy atom. The van der Waals surface area contributed by atoms with Crippen LogP contribution >= 0.6 is 0 Å². The molecule has 0 spiro atoms. The summed E-state index contributed by atoms with van der Waals surface area (Å²) in [5.74, 6) is 0.0816. The van der Waals surface area contributed by atoms with Crippen LogP contribution in [0.4, 0.5) is 0 Å². The van der Waals surface area contributed by atoms with Crippen LogP contribution in [-0.4, -0.2) is 10.8 Å². The number of pyridine rings is 1. The predicted molar refractivity (Wildman–Crippen MR) is 83.7 cm³/mol. The Morgan fingerprint density at radius 1 is 0.905 bits per heavy atom. The molecule has 1 aliphatic rings. The molecule has 0 atom stereocenters. The summed E-state index contributed by atoms with van der Waals surface area (Å²) in [5, 5.41) is 1.01. The number of nitrogens with zero attached hydrogens (tertiary/aromatic N) is 1. The molecular weight excluding hydrogens is 258 g/mol. The first kappa shape index (κ1) is 12.3. The first-order chi connectivity index (χ1) is 10.1. The summed E-state index contributed by atoms with van der Waals surface area (Å²) in [6.45, 7) is 4.28. The highest BCUT2D eigenvalue weighted by Gasteiger charge is 2.37. The number of hydrogen-bond donors (Lipinski definition) is 0. The van der Waals surface area contributed by atoms with Crippen molar-refractivity contribution < 1.29 is 4.79 Å². The second-order valence-electron chi connectivity index (χ2n) is 6.08. The van der Waals surface area contributed by atoms with Crippen molar-refractivity contribution in [3.63, 3.8) is 0 Å². The summed E-state index contributed by atoms with van der Waals surface area (Å²) in [6, 6.07) is 17.8. The van der Waals surface area contributed by atoms with Crippen molar-refractivity contribution in [3.8, 4) is 0 Å². The number of para-hydroxylation sites is 1. The van der Waals surface area contributed by atoms with E-state index in [0.29, 0.717) is 0 Å². The van der Waals surface area contributed by atoms with Crippen molar-refractivity contribution in [1.29, 1.82) is 0 Å². The van der Waals surface area contributed by atoms with E-state index in [1.54, 1.807) is 0 Å². The lowest BCUT2D eigenvalue weighted by Crippen LogP contribution is -2.31. The summed E-state index contributed by atoms with van der Waals surface area (Å²) >= 11 is 0. The van der Waals surface area contributed by atoms with E-state index in [1.807, 2.05) is 54.6 Å². The van der Waals surface area contributed by atoms with Crippen molar-refractivity contribution in [2.75, 3.05) is 0 Å².